The average Bonchev–Trinajstić information content (AvgIpc) is 3.08. The molecule has 0 spiro atoms. The van der Waals surface area contributed by atoms with Gasteiger partial charge in [0.05, 0.1) is 36.4 Å². The number of Topliss-reactive ketones (excluding diaryl/α,β-unsaturated/α-hetero) is 1. The first-order valence-electron chi connectivity index (χ1n) is 11.3. The number of amides is 1. The molecule has 1 aliphatic rings. The molecule has 1 atom stereocenters. The number of likely N-dealkylation sites (N-methyl/N-ethyl adjacent to an activating group) is 1. The maximum Gasteiger partial charge on any atom is 0.295 e. The minimum absolute atomic E-state index is 0.0194. The molecule has 3 rings (SSSR count). The summed E-state index contributed by atoms with van der Waals surface area (Å²) in [5.41, 5.74) is 1.63. The average molecular weight is 487 g/mol. The van der Waals surface area contributed by atoms with Gasteiger partial charge in [0, 0.05) is 18.7 Å². The van der Waals surface area contributed by atoms with E-state index in [4.69, 9.17) is 21.1 Å². The Kier molecular flexibility index (Phi) is 8.23. The van der Waals surface area contributed by atoms with Crippen LogP contribution >= 0.6 is 11.6 Å². The highest BCUT2D eigenvalue weighted by atomic mass is 35.5. The smallest absolute Gasteiger partial charge is 0.295 e. The Balaban J connectivity index is 2.24. The van der Waals surface area contributed by atoms with Gasteiger partial charge >= 0.3 is 0 Å². The van der Waals surface area contributed by atoms with E-state index in [-0.39, 0.29) is 22.6 Å². The fourth-order valence-electron chi connectivity index (χ4n) is 4.37. The molecule has 7 nitrogen and oxygen atoms in total. The van der Waals surface area contributed by atoms with Crippen molar-refractivity contribution in [1.29, 1.82) is 0 Å². The Morgan fingerprint density at radius 1 is 1.12 bits per heavy atom. The van der Waals surface area contributed by atoms with Crippen LogP contribution in [-0.4, -0.2) is 67.0 Å². The number of aliphatic hydroxyl groups is 1. The van der Waals surface area contributed by atoms with Crippen LogP contribution in [0.25, 0.3) is 5.76 Å². The van der Waals surface area contributed by atoms with E-state index in [0.717, 1.165) is 18.7 Å². The molecule has 34 heavy (non-hydrogen) atoms. The van der Waals surface area contributed by atoms with Gasteiger partial charge in [-0.05, 0) is 43.8 Å². The second-order valence-corrected chi connectivity index (χ2v) is 8.50. The topological polar surface area (TPSA) is 79.3 Å². The molecule has 1 unspecified atom stereocenters. The Bertz CT molecular complexity index is 1110. The highest BCUT2D eigenvalue weighted by Crippen LogP contribution is 2.44. The summed E-state index contributed by atoms with van der Waals surface area (Å²) in [5, 5.41) is 11.7. The van der Waals surface area contributed by atoms with Crippen LogP contribution in [0.1, 0.15) is 36.6 Å². The zero-order chi connectivity index (χ0) is 25.0. The number of rotatable bonds is 9. The standard InChI is InChI=1S/C26H31ClN2O5/c1-6-28(7-2)12-13-29-22(17-10-8-9-11-20(17)33-4)21(24(31)26(29)32)23(30)18-14-16(3)15-19(27)25(18)34-5/h8-11,14-15,22,30H,6-7,12-13H2,1-5H3/b23-21+. The van der Waals surface area contributed by atoms with E-state index in [2.05, 4.69) is 4.90 Å². The van der Waals surface area contributed by atoms with Crippen molar-refractivity contribution in [3.05, 3.63) is 63.7 Å². The first-order valence-corrected chi connectivity index (χ1v) is 11.6. The van der Waals surface area contributed by atoms with Crippen LogP contribution in [0.2, 0.25) is 5.02 Å². The van der Waals surface area contributed by atoms with Gasteiger partial charge in [-0.25, -0.2) is 0 Å². The first kappa shape index (κ1) is 25.6. The Hall–Kier alpha value is -3.03. The third-order valence-electron chi connectivity index (χ3n) is 6.17. The Labute approximate surface area is 205 Å². The van der Waals surface area contributed by atoms with E-state index < -0.39 is 17.7 Å². The molecule has 2 aromatic carbocycles. The number of carbonyl (C=O) groups excluding carboxylic acids is 2. The van der Waals surface area contributed by atoms with Gasteiger partial charge in [0.25, 0.3) is 11.7 Å². The summed E-state index contributed by atoms with van der Waals surface area (Å²) in [6.07, 6.45) is 0. The lowest BCUT2D eigenvalue weighted by Crippen LogP contribution is -2.38. The highest BCUT2D eigenvalue weighted by molar-refractivity contribution is 6.46. The van der Waals surface area contributed by atoms with Crippen LogP contribution in [0.15, 0.2) is 42.0 Å². The number of carbonyl (C=O) groups is 2. The number of halogens is 1. The van der Waals surface area contributed by atoms with Gasteiger partial charge in [-0.3, -0.25) is 9.59 Å². The number of benzene rings is 2. The molecule has 2 aromatic rings. The van der Waals surface area contributed by atoms with Crippen LogP contribution in [0.3, 0.4) is 0 Å². The van der Waals surface area contributed by atoms with Crippen LogP contribution in [0, 0.1) is 6.92 Å². The van der Waals surface area contributed by atoms with E-state index in [9.17, 15) is 14.7 Å². The molecule has 1 fully saturated rings. The quantitative estimate of drug-likeness (QED) is 0.321. The van der Waals surface area contributed by atoms with Gasteiger partial charge in [-0.1, -0.05) is 43.6 Å². The molecule has 1 amide bonds. The molecule has 182 valence electrons. The van der Waals surface area contributed by atoms with Gasteiger partial charge in [0.1, 0.15) is 17.3 Å². The summed E-state index contributed by atoms with van der Waals surface area (Å²) in [4.78, 5) is 30.2. The second-order valence-electron chi connectivity index (χ2n) is 8.09. The monoisotopic (exact) mass is 486 g/mol. The van der Waals surface area contributed by atoms with Crippen molar-refractivity contribution in [2.75, 3.05) is 40.4 Å². The van der Waals surface area contributed by atoms with Gasteiger partial charge in [-0.2, -0.15) is 0 Å². The number of aryl methyl sites for hydroxylation is 1. The minimum atomic E-state index is -0.823. The molecular formula is C26H31ClN2O5. The number of hydrogen-bond acceptors (Lipinski definition) is 6. The van der Waals surface area contributed by atoms with Crippen molar-refractivity contribution < 1.29 is 24.2 Å². The predicted molar refractivity (Wildman–Crippen MR) is 133 cm³/mol. The van der Waals surface area contributed by atoms with E-state index in [1.165, 1.54) is 19.1 Å². The van der Waals surface area contributed by atoms with Crippen molar-refractivity contribution in [3.63, 3.8) is 0 Å². The first-order chi connectivity index (χ1) is 16.3. The lowest BCUT2D eigenvalue weighted by atomic mass is 9.94. The molecule has 0 aromatic heterocycles. The molecule has 1 saturated heterocycles. The molecule has 1 N–H and O–H groups in total. The Morgan fingerprint density at radius 3 is 2.41 bits per heavy atom. The molecular weight excluding hydrogens is 456 g/mol. The number of hydrogen-bond donors (Lipinski definition) is 1. The molecule has 0 radical (unpaired) electrons. The van der Waals surface area contributed by atoms with E-state index >= 15 is 0 Å². The lowest BCUT2D eigenvalue weighted by Gasteiger charge is -2.29. The third-order valence-corrected chi connectivity index (χ3v) is 6.45. The van der Waals surface area contributed by atoms with Crippen molar-refractivity contribution in [2.45, 2.75) is 26.8 Å². The van der Waals surface area contributed by atoms with Crippen molar-refractivity contribution >= 4 is 29.1 Å². The normalized spacial score (nSPS) is 17.5. The largest absolute Gasteiger partial charge is 0.507 e. The summed E-state index contributed by atoms with van der Waals surface area (Å²) in [6.45, 7) is 8.45. The minimum Gasteiger partial charge on any atom is -0.507 e. The zero-order valence-corrected chi connectivity index (χ0v) is 21.0. The maximum absolute atomic E-state index is 13.3. The zero-order valence-electron chi connectivity index (χ0n) is 20.2. The third kappa shape index (κ3) is 4.76. The fourth-order valence-corrected chi connectivity index (χ4v) is 4.72. The van der Waals surface area contributed by atoms with E-state index in [1.54, 1.807) is 24.3 Å². The summed E-state index contributed by atoms with van der Waals surface area (Å²) in [5.74, 6) is -1.00. The molecule has 1 heterocycles. The molecule has 1 aliphatic heterocycles. The van der Waals surface area contributed by atoms with Crippen molar-refractivity contribution in [1.82, 2.24) is 9.80 Å². The summed E-state index contributed by atoms with van der Waals surface area (Å²) in [7, 11) is 2.97. The van der Waals surface area contributed by atoms with Gasteiger partial charge in [0.2, 0.25) is 0 Å². The molecule has 0 aliphatic carbocycles. The maximum atomic E-state index is 13.3. The highest BCUT2D eigenvalue weighted by Gasteiger charge is 2.47. The second kappa shape index (κ2) is 10.9. The number of ether oxygens (including phenoxy) is 2. The number of likely N-dealkylation sites (tertiary alicyclic amines) is 1. The van der Waals surface area contributed by atoms with Gasteiger partial charge in [-0.15, -0.1) is 0 Å². The number of para-hydroxylation sites is 1. The van der Waals surface area contributed by atoms with Crippen LogP contribution in [0.5, 0.6) is 11.5 Å². The molecule has 8 heteroatoms. The van der Waals surface area contributed by atoms with Crippen LogP contribution < -0.4 is 9.47 Å². The predicted octanol–water partition coefficient (Wildman–Crippen LogP) is 4.43. The van der Waals surface area contributed by atoms with Crippen LogP contribution in [-0.2, 0) is 9.59 Å². The van der Waals surface area contributed by atoms with E-state index in [0.29, 0.717) is 29.4 Å². The van der Waals surface area contributed by atoms with Gasteiger partial charge < -0.3 is 24.4 Å². The summed E-state index contributed by atoms with van der Waals surface area (Å²) < 4.78 is 11.0. The SMILES string of the molecule is CCN(CC)CCN1C(=O)C(=O)/C(=C(/O)c2cc(C)cc(Cl)c2OC)C1c1ccccc1OC. The fraction of sp³-hybridized carbons (Fsp3) is 0.385. The molecule has 0 saturated carbocycles. The summed E-state index contributed by atoms with van der Waals surface area (Å²) >= 11 is 6.35. The molecule has 0 bridgehead atoms. The number of methoxy groups -OCH3 is 2. The van der Waals surface area contributed by atoms with Gasteiger partial charge in [0.15, 0.2) is 0 Å². The van der Waals surface area contributed by atoms with E-state index in [1.807, 2.05) is 32.9 Å². The Morgan fingerprint density at radius 2 is 1.79 bits per heavy atom. The number of nitrogens with zero attached hydrogens (tertiary/aromatic N) is 2. The van der Waals surface area contributed by atoms with Crippen molar-refractivity contribution in [3.8, 4) is 11.5 Å². The summed E-state index contributed by atoms with van der Waals surface area (Å²) in [6, 6.07) is 9.76. The lowest BCUT2D eigenvalue weighted by molar-refractivity contribution is -0.140. The van der Waals surface area contributed by atoms with Crippen LogP contribution in [0.4, 0.5) is 0 Å². The number of ketones is 1. The number of aliphatic hydroxyl groups excluding tert-OH is 1. The van der Waals surface area contributed by atoms with Crippen molar-refractivity contribution in [2.24, 2.45) is 0 Å².